The highest BCUT2D eigenvalue weighted by Gasteiger charge is 2.18. The van der Waals surface area contributed by atoms with Crippen LogP contribution in [0.1, 0.15) is 21.9 Å². The second-order valence-electron chi connectivity index (χ2n) is 7.61. The number of nitro groups is 1. The Morgan fingerprint density at radius 2 is 1.84 bits per heavy atom. The van der Waals surface area contributed by atoms with Crippen LogP contribution < -0.4 is 14.8 Å². The van der Waals surface area contributed by atoms with E-state index in [1.165, 1.54) is 60.7 Å². The minimum absolute atomic E-state index is 0.00337. The van der Waals surface area contributed by atoms with Crippen molar-refractivity contribution in [3.8, 4) is 5.75 Å². The number of nitro benzene ring substituents is 1. The minimum atomic E-state index is -3.94. The van der Waals surface area contributed by atoms with Gasteiger partial charge in [0, 0.05) is 11.8 Å². The van der Waals surface area contributed by atoms with E-state index in [2.05, 4.69) is 20.2 Å². The molecule has 2 aromatic carbocycles. The van der Waals surface area contributed by atoms with Gasteiger partial charge in [0.05, 0.1) is 9.82 Å². The molecule has 1 amide bonds. The van der Waals surface area contributed by atoms with E-state index in [1.807, 2.05) is 0 Å². The highest BCUT2D eigenvalue weighted by Crippen LogP contribution is 2.28. The predicted octanol–water partition coefficient (Wildman–Crippen LogP) is 4.57. The summed E-state index contributed by atoms with van der Waals surface area (Å²) in [6.45, 7) is 1.60. The molecule has 2 aromatic heterocycles. The molecule has 0 bridgehead atoms. The third-order valence-corrected chi connectivity index (χ3v) is 6.43. The summed E-state index contributed by atoms with van der Waals surface area (Å²) in [6, 6.07) is 15.7. The highest BCUT2D eigenvalue weighted by molar-refractivity contribution is 7.92. The summed E-state index contributed by atoms with van der Waals surface area (Å²) in [5.41, 5.74) is 0.861. The van der Waals surface area contributed by atoms with Gasteiger partial charge in [-0.3, -0.25) is 19.6 Å². The molecule has 0 saturated heterocycles. The van der Waals surface area contributed by atoms with E-state index < -0.39 is 20.9 Å². The van der Waals surface area contributed by atoms with Crippen LogP contribution >= 0.6 is 11.6 Å². The zero-order valence-electron chi connectivity index (χ0n) is 19.0. The molecule has 4 rings (SSSR count). The Morgan fingerprint density at radius 3 is 2.51 bits per heavy atom. The number of nitrogens with zero attached hydrogens (tertiary/aromatic N) is 3. The summed E-state index contributed by atoms with van der Waals surface area (Å²) < 4.78 is 38.3. The lowest BCUT2D eigenvalue weighted by Gasteiger charge is -2.08. The van der Waals surface area contributed by atoms with Gasteiger partial charge in [-0.15, -0.1) is 10.2 Å². The topological polar surface area (TPSA) is 167 Å². The molecule has 2 N–H and O–H groups in total. The Morgan fingerprint density at radius 1 is 1.08 bits per heavy atom. The SMILES string of the molecule is Cc1ccc(OCc2ccc(C(=O)Nc3ccc(S(=O)(=O)Nc4ccc(Cl)nn4)cc3)o2)c([N+](=O)[O-])c1. The smallest absolute Gasteiger partial charge is 0.311 e. The average molecular weight is 544 g/mol. The first-order valence-corrected chi connectivity index (χ1v) is 12.4. The van der Waals surface area contributed by atoms with Gasteiger partial charge in [-0.2, -0.15) is 0 Å². The van der Waals surface area contributed by atoms with Crippen molar-refractivity contribution in [1.82, 2.24) is 10.2 Å². The lowest BCUT2D eigenvalue weighted by atomic mass is 10.2. The number of sulfonamides is 1. The largest absolute Gasteiger partial charge is 0.479 e. The van der Waals surface area contributed by atoms with Crippen LogP contribution in [0.15, 0.2) is 76.0 Å². The maximum Gasteiger partial charge on any atom is 0.311 e. The van der Waals surface area contributed by atoms with Gasteiger partial charge < -0.3 is 14.5 Å². The standard InChI is InChI=1S/C23H18ClN5O7S/c1-14-2-8-19(18(12-14)29(31)32)35-13-16-5-9-20(36-16)23(30)25-15-3-6-17(7-4-15)37(33,34)28-22-11-10-21(24)26-27-22/h2-12H,13H2,1H3,(H,25,30)(H,27,28). The lowest BCUT2D eigenvalue weighted by molar-refractivity contribution is -0.386. The number of amides is 1. The molecule has 2 heterocycles. The van der Waals surface area contributed by atoms with Crippen molar-refractivity contribution < 1.29 is 27.3 Å². The van der Waals surface area contributed by atoms with Gasteiger partial charge in [0.2, 0.25) is 0 Å². The number of furan rings is 1. The fraction of sp³-hybridized carbons (Fsp3) is 0.0870. The molecular weight excluding hydrogens is 526 g/mol. The quantitative estimate of drug-likeness (QED) is 0.227. The van der Waals surface area contributed by atoms with E-state index in [0.29, 0.717) is 11.3 Å². The molecule has 0 atom stereocenters. The van der Waals surface area contributed by atoms with Crippen LogP contribution in [0.3, 0.4) is 0 Å². The fourth-order valence-corrected chi connectivity index (χ4v) is 4.19. The van der Waals surface area contributed by atoms with E-state index in [-0.39, 0.29) is 45.4 Å². The number of rotatable bonds is 9. The second kappa shape index (κ2) is 10.6. The summed E-state index contributed by atoms with van der Waals surface area (Å²) in [7, 11) is -3.94. The molecule has 0 saturated carbocycles. The first-order chi connectivity index (χ1) is 17.6. The number of nitrogens with one attached hydrogen (secondary N) is 2. The van der Waals surface area contributed by atoms with Gasteiger partial charge >= 0.3 is 5.69 Å². The van der Waals surface area contributed by atoms with E-state index in [4.69, 9.17) is 20.8 Å². The lowest BCUT2D eigenvalue weighted by Crippen LogP contribution is -2.15. The van der Waals surface area contributed by atoms with E-state index in [1.54, 1.807) is 13.0 Å². The van der Waals surface area contributed by atoms with Crippen molar-refractivity contribution in [1.29, 1.82) is 0 Å². The Bertz CT molecular complexity index is 1560. The Labute approximate surface area is 215 Å². The molecule has 0 radical (unpaired) electrons. The number of hydrogen-bond acceptors (Lipinski definition) is 9. The number of aryl methyl sites for hydroxylation is 1. The number of carbonyl (C=O) groups excluding carboxylic acids is 1. The molecule has 0 aliphatic carbocycles. The molecule has 4 aromatic rings. The predicted molar refractivity (Wildman–Crippen MR) is 133 cm³/mol. The molecule has 14 heteroatoms. The molecule has 0 spiro atoms. The first kappa shape index (κ1) is 25.6. The molecule has 12 nitrogen and oxygen atoms in total. The molecular formula is C23H18ClN5O7S. The molecule has 0 fully saturated rings. The maximum absolute atomic E-state index is 12.5. The second-order valence-corrected chi connectivity index (χ2v) is 9.68. The van der Waals surface area contributed by atoms with Gasteiger partial charge in [-0.1, -0.05) is 17.7 Å². The zero-order valence-corrected chi connectivity index (χ0v) is 20.6. The van der Waals surface area contributed by atoms with Crippen LogP contribution in [-0.2, 0) is 16.6 Å². The van der Waals surface area contributed by atoms with Crippen LogP contribution in [0.25, 0.3) is 0 Å². The summed E-state index contributed by atoms with van der Waals surface area (Å²) in [5.74, 6) is -0.269. The average Bonchev–Trinajstić information content (AvgIpc) is 3.34. The number of hydrogen-bond donors (Lipinski definition) is 2. The molecule has 0 aliphatic heterocycles. The maximum atomic E-state index is 12.5. The van der Waals surface area contributed by atoms with Gasteiger partial charge in [-0.05, 0) is 67.1 Å². The Balaban J connectivity index is 1.37. The van der Waals surface area contributed by atoms with Crippen LogP contribution in [0.2, 0.25) is 5.15 Å². The van der Waals surface area contributed by atoms with Crippen LogP contribution in [-0.4, -0.2) is 29.4 Å². The monoisotopic (exact) mass is 543 g/mol. The number of ether oxygens (including phenoxy) is 1. The van der Waals surface area contributed by atoms with E-state index >= 15 is 0 Å². The molecule has 0 unspecified atom stereocenters. The van der Waals surface area contributed by atoms with Crippen molar-refractivity contribution in [3.63, 3.8) is 0 Å². The Hall–Kier alpha value is -4.49. The van der Waals surface area contributed by atoms with Crippen molar-refractivity contribution >= 4 is 44.7 Å². The van der Waals surface area contributed by atoms with Crippen LogP contribution in [0.5, 0.6) is 5.75 Å². The number of anilines is 2. The summed E-state index contributed by atoms with van der Waals surface area (Å²) in [6.07, 6.45) is 0. The van der Waals surface area contributed by atoms with Gasteiger partial charge in [0.1, 0.15) is 12.4 Å². The summed E-state index contributed by atoms with van der Waals surface area (Å²) >= 11 is 5.65. The van der Waals surface area contributed by atoms with Gasteiger partial charge in [0.25, 0.3) is 15.9 Å². The molecule has 37 heavy (non-hydrogen) atoms. The normalized spacial score (nSPS) is 11.1. The van der Waals surface area contributed by atoms with Crippen molar-refractivity contribution in [3.05, 3.63) is 99.1 Å². The van der Waals surface area contributed by atoms with Crippen molar-refractivity contribution in [2.75, 3.05) is 10.0 Å². The summed E-state index contributed by atoms with van der Waals surface area (Å²) in [4.78, 5) is 23.2. The van der Waals surface area contributed by atoms with Crippen molar-refractivity contribution in [2.45, 2.75) is 18.4 Å². The number of aromatic nitrogens is 2. The van der Waals surface area contributed by atoms with Gasteiger partial charge in [0.15, 0.2) is 22.5 Å². The number of halogens is 1. The molecule has 190 valence electrons. The number of benzene rings is 2. The minimum Gasteiger partial charge on any atom is -0.479 e. The first-order valence-electron chi connectivity index (χ1n) is 10.5. The fourth-order valence-electron chi connectivity index (χ4n) is 3.10. The van der Waals surface area contributed by atoms with E-state index in [0.717, 1.165) is 0 Å². The zero-order chi connectivity index (χ0) is 26.6. The van der Waals surface area contributed by atoms with E-state index in [9.17, 15) is 23.3 Å². The highest BCUT2D eigenvalue weighted by atomic mass is 35.5. The third kappa shape index (κ3) is 6.39. The Kier molecular flexibility index (Phi) is 7.36. The third-order valence-electron chi connectivity index (χ3n) is 4.86. The van der Waals surface area contributed by atoms with Crippen molar-refractivity contribution in [2.24, 2.45) is 0 Å². The molecule has 0 aliphatic rings. The number of carbonyl (C=O) groups is 1. The summed E-state index contributed by atoms with van der Waals surface area (Å²) in [5, 5.41) is 21.2. The van der Waals surface area contributed by atoms with Crippen LogP contribution in [0.4, 0.5) is 17.2 Å². The van der Waals surface area contributed by atoms with Crippen LogP contribution in [0, 0.1) is 17.0 Å². The van der Waals surface area contributed by atoms with Gasteiger partial charge in [-0.25, -0.2) is 8.42 Å².